The summed E-state index contributed by atoms with van der Waals surface area (Å²) in [4.78, 5) is 25.5. The van der Waals surface area contributed by atoms with E-state index in [1.807, 2.05) is 42.6 Å². The average Bonchev–Trinajstić information content (AvgIpc) is 3.38. The molecule has 7 rings (SSSR count). The summed E-state index contributed by atoms with van der Waals surface area (Å²) in [5, 5.41) is 5.42. The van der Waals surface area contributed by atoms with Crippen LogP contribution in [0.25, 0.3) is 22.2 Å². The van der Waals surface area contributed by atoms with Crippen LogP contribution in [-0.2, 0) is 0 Å². The fourth-order valence-corrected chi connectivity index (χ4v) is 5.86. The van der Waals surface area contributed by atoms with Gasteiger partial charge in [0.1, 0.15) is 11.3 Å². The summed E-state index contributed by atoms with van der Waals surface area (Å²) in [5.41, 5.74) is 5.19. The van der Waals surface area contributed by atoms with Crippen LogP contribution in [0.15, 0.2) is 59.3 Å². The first-order valence-corrected chi connectivity index (χ1v) is 12.6. The summed E-state index contributed by atoms with van der Waals surface area (Å²) >= 11 is 0. The van der Waals surface area contributed by atoms with E-state index in [1.165, 1.54) is 6.42 Å². The number of fused-ring (bicyclic) bond motifs is 2. The predicted octanol–water partition coefficient (Wildman–Crippen LogP) is 4.75. The molecule has 0 amide bonds. The Kier molecular flexibility index (Phi) is 4.75. The molecule has 2 fully saturated rings. The molecule has 0 saturated carbocycles. The van der Waals surface area contributed by atoms with Crippen molar-refractivity contribution >= 4 is 33.9 Å². The molecule has 7 nitrogen and oxygen atoms in total. The van der Waals surface area contributed by atoms with Gasteiger partial charge in [0.25, 0.3) is 0 Å². The molecule has 4 heterocycles. The van der Waals surface area contributed by atoms with Gasteiger partial charge in [-0.1, -0.05) is 35.5 Å². The third-order valence-corrected chi connectivity index (χ3v) is 7.65. The molecule has 2 saturated heterocycles. The molecule has 0 spiro atoms. The van der Waals surface area contributed by atoms with Gasteiger partial charge in [0.15, 0.2) is 11.5 Å². The van der Waals surface area contributed by atoms with Gasteiger partial charge in [-0.05, 0) is 37.5 Å². The minimum absolute atomic E-state index is 0.0772. The molecule has 0 radical (unpaired) electrons. The van der Waals surface area contributed by atoms with Gasteiger partial charge in [0.05, 0.1) is 22.3 Å². The van der Waals surface area contributed by atoms with Crippen LogP contribution in [0.1, 0.15) is 35.2 Å². The normalized spacial score (nSPS) is 17.7. The van der Waals surface area contributed by atoms with Gasteiger partial charge in [-0.15, -0.1) is 0 Å². The van der Waals surface area contributed by atoms with Crippen LogP contribution in [0.5, 0.6) is 0 Å². The first-order valence-electron chi connectivity index (χ1n) is 12.6. The van der Waals surface area contributed by atoms with Crippen LogP contribution in [0.4, 0.5) is 17.2 Å². The Hall–Kier alpha value is -3.87. The Labute approximate surface area is 203 Å². The fourth-order valence-electron chi connectivity index (χ4n) is 5.86. The van der Waals surface area contributed by atoms with E-state index in [1.54, 1.807) is 0 Å². The lowest BCUT2D eigenvalue weighted by Crippen LogP contribution is -2.47. The zero-order valence-corrected chi connectivity index (χ0v) is 19.6. The van der Waals surface area contributed by atoms with E-state index in [4.69, 9.17) is 4.52 Å². The molecule has 0 unspecified atom stereocenters. The van der Waals surface area contributed by atoms with Crippen LogP contribution in [0.2, 0.25) is 0 Å². The second kappa shape index (κ2) is 8.12. The van der Waals surface area contributed by atoms with Crippen molar-refractivity contribution in [2.24, 2.45) is 0 Å². The summed E-state index contributed by atoms with van der Waals surface area (Å²) in [7, 11) is 0. The highest BCUT2D eigenvalue weighted by molar-refractivity contribution is 6.28. The number of pyridine rings is 1. The van der Waals surface area contributed by atoms with Crippen LogP contribution >= 0.6 is 0 Å². The number of nitrogens with zero attached hydrogens (tertiary/aromatic N) is 5. The van der Waals surface area contributed by atoms with Gasteiger partial charge < -0.3 is 19.2 Å². The number of carbonyl (C=O) groups is 1. The molecule has 0 N–H and O–H groups in total. The van der Waals surface area contributed by atoms with Crippen LogP contribution < -0.4 is 14.7 Å². The lowest BCUT2D eigenvalue weighted by atomic mass is 9.85. The van der Waals surface area contributed by atoms with Crippen molar-refractivity contribution in [3.8, 4) is 11.3 Å². The summed E-state index contributed by atoms with van der Waals surface area (Å²) in [6.07, 6.45) is 5.39. The highest BCUT2D eigenvalue weighted by atomic mass is 16.5. The number of hydrogen-bond acceptors (Lipinski definition) is 7. The average molecular weight is 466 g/mol. The van der Waals surface area contributed by atoms with Gasteiger partial charge >= 0.3 is 0 Å². The Balaban J connectivity index is 1.35. The third kappa shape index (κ3) is 3.21. The number of piperidine rings is 1. The number of ketones is 1. The Bertz CT molecular complexity index is 1420. The van der Waals surface area contributed by atoms with E-state index in [-0.39, 0.29) is 5.78 Å². The summed E-state index contributed by atoms with van der Waals surface area (Å²) in [6, 6.07) is 16.0. The molecule has 2 aliphatic heterocycles. The van der Waals surface area contributed by atoms with Crippen molar-refractivity contribution in [1.29, 1.82) is 0 Å². The molecule has 7 heteroatoms. The molecule has 1 aliphatic carbocycles. The fraction of sp³-hybridized carbons (Fsp3) is 0.321. The number of piperazine rings is 1. The van der Waals surface area contributed by atoms with Crippen LogP contribution in [-0.4, -0.2) is 55.2 Å². The van der Waals surface area contributed by atoms with E-state index in [0.717, 1.165) is 97.1 Å². The molecule has 3 aliphatic rings. The summed E-state index contributed by atoms with van der Waals surface area (Å²) < 4.78 is 5.97. The number of benzene rings is 2. The number of rotatable bonds is 3. The Morgan fingerprint density at radius 1 is 0.743 bits per heavy atom. The van der Waals surface area contributed by atoms with Gasteiger partial charge in [0.2, 0.25) is 0 Å². The first kappa shape index (κ1) is 20.5. The van der Waals surface area contributed by atoms with Crippen LogP contribution in [0.3, 0.4) is 0 Å². The van der Waals surface area contributed by atoms with Crippen molar-refractivity contribution in [3.63, 3.8) is 0 Å². The Morgan fingerprint density at radius 2 is 1.46 bits per heavy atom. The van der Waals surface area contributed by atoms with Gasteiger partial charge in [-0.3, -0.25) is 4.79 Å². The number of hydrogen-bond donors (Lipinski definition) is 0. The monoisotopic (exact) mass is 465 g/mol. The Morgan fingerprint density at radius 3 is 2.23 bits per heavy atom. The van der Waals surface area contributed by atoms with Crippen molar-refractivity contribution in [2.45, 2.75) is 19.3 Å². The molecule has 2 aromatic heterocycles. The van der Waals surface area contributed by atoms with Crippen molar-refractivity contribution < 1.29 is 9.32 Å². The lowest BCUT2D eigenvalue weighted by Gasteiger charge is -2.38. The predicted molar refractivity (Wildman–Crippen MR) is 138 cm³/mol. The number of carbonyl (C=O) groups excluding carboxylic acids is 1. The SMILES string of the molecule is O=C1c2ccccc2-c2onc3c(N4CCN(c5ccccn5)CC4)cc(N4CCCCC4)c1c23. The van der Waals surface area contributed by atoms with E-state index in [2.05, 4.69) is 37.0 Å². The lowest BCUT2D eigenvalue weighted by molar-refractivity contribution is 0.104. The third-order valence-electron chi connectivity index (χ3n) is 7.65. The van der Waals surface area contributed by atoms with Gasteiger partial charge in [0, 0.05) is 56.6 Å². The zero-order chi connectivity index (χ0) is 23.4. The zero-order valence-electron chi connectivity index (χ0n) is 19.6. The maximum Gasteiger partial charge on any atom is 0.196 e. The highest BCUT2D eigenvalue weighted by Gasteiger charge is 2.35. The van der Waals surface area contributed by atoms with E-state index in [9.17, 15) is 4.79 Å². The standard InChI is InChI=1S/C28H27N5O2/c34-27-19-8-2-3-9-20(19)28-25-24(27)21(31-12-6-1-7-13-31)18-22(26(25)30-35-28)32-14-16-33(17-15-32)23-10-4-5-11-29-23/h2-5,8-11,18H,1,6-7,12-17H2. The molecule has 4 aromatic rings. The molecule has 35 heavy (non-hydrogen) atoms. The highest BCUT2D eigenvalue weighted by Crippen LogP contribution is 2.47. The molecular weight excluding hydrogens is 438 g/mol. The van der Waals surface area contributed by atoms with Crippen LogP contribution in [0, 0.1) is 0 Å². The van der Waals surface area contributed by atoms with Crippen molar-refractivity contribution in [1.82, 2.24) is 10.1 Å². The second-order valence-corrected chi connectivity index (χ2v) is 9.61. The topological polar surface area (TPSA) is 65.7 Å². The molecule has 176 valence electrons. The second-order valence-electron chi connectivity index (χ2n) is 9.61. The van der Waals surface area contributed by atoms with Crippen molar-refractivity contribution in [2.75, 3.05) is 54.0 Å². The largest absolute Gasteiger partial charge is 0.371 e. The van der Waals surface area contributed by atoms with E-state index >= 15 is 0 Å². The molecule has 0 bridgehead atoms. The molecule has 2 aromatic carbocycles. The quantitative estimate of drug-likeness (QED) is 0.381. The maximum atomic E-state index is 13.8. The minimum Gasteiger partial charge on any atom is -0.371 e. The van der Waals surface area contributed by atoms with Gasteiger partial charge in [-0.2, -0.15) is 0 Å². The minimum atomic E-state index is 0.0772. The molecular formula is C28H27N5O2. The van der Waals surface area contributed by atoms with Crippen molar-refractivity contribution in [3.05, 3.63) is 65.9 Å². The van der Waals surface area contributed by atoms with E-state index in [0.29, 0.717) is 5.56 Å². The number of aromatic nitrogens is 2. The van der Waals surface area contributed by atoms with E-state index < -0.39 is 0 Å². The maximum absolute atomic E-state index is 13.8. The summed E-state index contributed by atoms with van der Waals surface area (Å²) in [5.74, 6) is 1.81. The number of anilines is 3. The smallest absolute Gasteiger partial charge is 0.196 e. The first-order chi connectivity index (χ1) is 17.3. The summed E-state index contributed by atoms with van der Waals surface area (Å²) in [6.45, 7) is 5.42. The van der Waals surface area contributed by atoms with Gasteiger partial charge in [-0.25, -0.2) is 4.98 Å². The molecule has 0 atom stereocenters.